The van der Waals surface area contributed by atoms with Crippen LogP contribution in [0.2, 0.25) is 0 Å². The molecule has 0 spiro atoms. The Bertz CT molecular complexity index is 465. The molecule has 1 unspecified atom stereocenters. The molecule has 2 rings (SSSR count). The third kappa shape index (κ3) is 4.72. The van der Waals surface area contributed by atoms with Gasteiger partial charge in [0.25, 0.3) is 0 Å². The van der Waals surface area contributed by atoms with E-state index in [4.69, 9.17) is 4.74 Å². The van der Waals surface area contributed by atoms with Gasteiger partial charge in [-0.1, -0.05) is 12.1 Å². The zero-order valence-electron chi connectivity index (χ0n) is 12.9. The topological polar surface area (TPSA) is 53.6 Å². The molecule has 0 bridgehead atoms. The molecule has 0 saturated carbocycles. The average Bonchev–Trinajstić information content (AvgIpc) is 2.93. The monoisotopic (exact) mass is 291 g/mol. The predicted octanol–water partition coefficient (Wildman–Crippen LogP) is 0.995. The molecule has 1 amide bonds. The molecule has 1 heterocycles. The van der Waals surface area contributed by atoms with Gasteiger partial charge in [0.15, 0.2) is 0 Å². The third-order valence-corrected chi connectivity index (χ3v) is 3.91. The highest BCUT2D eigenvalue weighted by Crippen LogP contribution is 2.16. The van der Waals surface area contributed by atoms with Crippen LogP contribution in [0.4, 0.5) is 0 Å². The fourth-order valence-corrected chi connectivity index (χ4v) is 2.79. The van der Waals surface area contributed by atoms with Gasteiger partial charge >= 0.3 is 0 Å². The van der Waals surface area contributed by atoms with Crippen molar-refractivity contribution in [2.45, 2.75) is 25.4 Å². The molecular formula is C16H25N3O2. The number of hydrogen-bond donors (Lipinski definition) is 2. The molecule has 21 heavy (non-hydrogen) atoms. The van der Waals surface area contributed by atoms with E-state index in [2.05, 4.69) is 15.5 Å². The normalized spacial score (nSPS) is 18.7. The smallest absolute Gasteiger partial charge is 0.234 e. The zero-order valence-corrected chi connectivity index (χ0v) is 12.9. The van der Waals surface area contributed by atoms with Crippen molar-refractivity contribution in [3.05, 3.63) is 29.8 Å². The number of benzene rings is 1. The summed E-state index contributed by atoms with van der Waals surface area (Å²) < 4.78 is 5.18. The summed E-state index contributed by atoms with van der Waals surface area (Å²) in [5, 5.41) is 6.18. The number of likely N-dealkylation sites (N-methyl/N-ethyl adjacent to an activating group) is 1. The number of rotatable bonds is 7. The standard InChI is InChI=1S/C16H25N3O2/c1-17-11-14-6-4-8-19(14)12-16(20)18-10-13-5-3-7-15(9-13)21-2/h3,5,7,9,14,17H,4,6,8,10-12H2,1-2H3,(H,18,20). The first-order valence-corrected chi connectivity index (χ1v) is 7.51. The van der Waals surface area contributed by atoms with E-state index in [9.17, 15) is 4.79 Å². The second-order valence-corrected chi connectivity index (χ2v) is 5.45. The Labute approximate surface area is 126 Å². The minimum atomic E-state index is 0.0841. The number of carbonyl (C=O) groups excluding carboxylic acids is 1. The SMILES string of the molecule is CNCC1CCCN1CC(=O)NCc1cccc(OC)c1. The van der Waals surface area contributed by atoms with E-state index in [1.165, 1.54) is 12.8 Å². The van der Waals surface area contributed by atoms with Crippen LogP contribution in [0.1, 0.15) is 18.4 Å². The molecule has 1 saturated heterocycles. The van der Waals surface area contributed by atoms with Crippen molar-refractivity contribution in [2.24, 2.45) is 0 Å². The summed E-state index contributed by atoms with van der Waals surface area (Å²) in [6.45, 7) is 2.99. The van der Waals surface area contributed by atoms with Gasteiger partial charge in [-0.15, -0.1) is 0 Å². The van der Waals surface area contributed by atoms with Crippen molar-refractivity contribution in [3.8, 4) is 5.75 Å². The maximum Gasteiger partial charge on any atom is 0.234 e. The van der Waals surface area contributed by atoms with Crippen LogP contribution in [0.15, 0.2) is 24.3 Å². The van der Waals surface area contributed by atoms with Crippen molar-refractivity contribution >= 4 is 5.91 Å². The lowest BCUT2D eigenvalue weighted by molar-refractivity contribution is -0.122. The van der Waals surface area contributed by atoms with Crippen LogP contribution in [-0.4, -0.2) is 50.6 Å². The zero-order chi connectivity index (χ0) is 15.1. The molecule has 1 fully saturated rings. The minimum Gasteiger partial charge on any atom is -0.497 e. The highest BCUT2D eigenvalue weighted by atomic mass is 16.5. The Balaban J connectivity index is 1.79. The van der Waals surface area contributed by atoms with E-state index in [0.29, 0.717) is 19.1 Å². The first-order valence-electron chi connectivity index (χ1n) is 7.51. The molecule has 1 aliphatic rings. The van der Waals surface area contributed by atoms with E-state index >= 15 is 0 Å². The second kappa shape index (κ2) is 8.00. The lowest BCUT2D eigenvalue weighted by atomic mass is 10.2. The van der Waals surface area contributed by atoms with Crippen LogP contribution >= 0.6 is 0 Å². The maximum atomic E-state index is 12.1. The van der Waals surface area contributed by atoms with Crippen LogP contribution in [0.5, 0.6) is 5.75 Å². The molecule has 5 heteroatoms. The number of nitrogens with one attached hydrogen (secondary N) is 2. The molecule has 1 aromatic carbocycles. The highest BCUT2D eigenvalue weighted by Gasteiger charge is 2.25. The number of hydrogen-bond acceptors (Lipinski definition) is 4. The number of nitrogens with zero attached hydrogens (tertiary/aromatic N) is 1. The van der Waals surface area contributed by atoms with Crippen LogP contribution < -0.4 is 15.4 Å². The van der Waals surface area contributed by atoms with Crippen molar-refractivity contribution < 1.29 is 9.53 Å². The summed E-state index contributed by atoms with van der Waals surface area (Å²) in [4.78, 5) is 14.3. The Hall–Kier alpha value is -1.59. The molecule has 116 valence electrons. The summed E-state index contributed by atoms with van der Waals surface area (Å²) in [5.74, 6) is 0.899. The van der Waals surface area contributed by atoms with Crippen molar-refractivity contribution in [3.63, 3.8) is 0 Å². The Morgan fingerprint density at radius 2 is 2.33 bits per heavy atom. The summed E-state index contributed by atoms with van der Waals surface area (Å²) in [5.41, 5.74) is 1.05. The molecular weight excluding hydrogens is 266 g/mol. The predicted molar refractivity (Wildman–Crippen MR) is 83.4 cm³/mol. The van der Waals surface area contributed by atoms with Gasteiger partial charge in [0.1, 0.15) is 5.75 Å². The van der Waals surface area contributed by atoms with Crippen LogP contribution in [0.25, 0.3) is 0 Å². The van der Waals surface area contributed by atoms with E-state index in [0.717, 1.165) is 24.4 Å². The van der Waals surface area contributed by atoms with Gasteiger partial charge in [0.05, 0.1) is 13.7 Å². The Morgan fingerprint density at radius 1 is 1.48 bits per heavy atom. The lowest BCUT2D eigenvalue weighted by Gasteiger charge is -2.23. The Morgan fingerprint density at radius 3 is 3.10 bits per heavy atom. The number of methoxy groups -OCH3 is 1. The molecule has 0 aliphatic carbocycles. The lowest BCUT2D eigenvalue weighted by Crippen LogP contribution is -2.43. The molecule has 0 radical (unpaired) electrons. The van der Waals surface area contributed by atoms with E-state index in [1.54, 1.807) is 7.11 Å². The van der Waals surface area contributed by atoms with Gasteiger partial charge in [0.2, 0.25) is 5.91 Å². The van der Waals surface area contributed by atoms with Gasteiger partial charge in [-0.2, -0.15) is 0 Å². The second-order valence-electron chi connectivity index (χ2n) is 5.45. The fraction of sp³-hybridized carbons (Fsp3) is 0.562. The van der Waals surface area contributed by atoms with Gasteiger partial charge in [-0.05, 0) is 44.1 Å². The van der Waals surface area contributed by atoms with Gasteiger partial charge in [0, 0.05) is 19.1 Å². The Kier molecular flexibility index (Phi) is 6.02. The van der Waals surface area contributed by atoms with E-state index in [1.807, 2.05) is 31.3 Å². The summed E-state index contributed by atoms with van der Waals surface area (Å²) >= 11 is 0. The van der Waals surface area contributed by atoms with Crippen molar-refractivity contribution in [1.82, 2.24) is 15.5 Å². The molecule has 1 atom stereocenters. The molecule has 1 aliphatic heterocycles. The van der Waals surface area contributed by atoms with Gasteiger partial charge in [-0.25, -0.2) is 0 Å². The molecule has 0 aromatic heterocycles. The molecule has 5 nitrogen and oxygen atoms in total. The minimum absolute atomic E-state index is 0.0841. The molecule has 2 N–H and O–H groups in total. The first kappa shape index (κ1) is 15.8. The largest absolute Gasteiger partial charge is 0.497 e. The maximum absolute atomic E-state index is 12.1. The highest BCUT2D eigenvalue weighted by molar-refractivity contribution is 5.78. The van der Waals surface area contributed by atoms with E-state index < -0.39 is 0 Å². The van der Waals surface area contributed by atoms with E-state index in [-0.39, 0.29) is 5.91 Å². The van der Waals surface area contributed by atoms with Crippen LogP contribution in [0.3, 0.4) is 0 Å². The number of amides is 1. The van der Waals surface area contributed by atoms with Gasteiger partial charge in [-0.3, -0.25) is 9.69 Å². The first-order chi connectivity index (χ1) is 10.2. The fourth-order valence-electron chi connectivity index (χ4n) is 2.79. The number of likely N-dealkylation sites (tertiary alicyclic amines) is 1. The summed E-state index contributed by atoms with van der Waals surface area (Å²) in [7, 11) is 3.60. The summed E-state index contributed by atoms with van der Waals surface area (Å²) in [6.07, 6.45) is 2.35. The van der Waals surface area contributed by atoms with Crippen molar-refractivity contribution in [1.29, 1.82) is 0 Å². The number of ether oxygens (including phenoxy) is 1. The molecule has 1 aromatic rings. The summed E-state index contributed by atoms with van der Waals surface area (Å²) in [6, 6.07) is 8.25. The third-order valence-electron chi connectivity index (χ3n) is 3.91. The van der Waals surface area contributed by atoms with Crippen LogP contribution in [0, 0.1) is 0 Å². The van der Waals surface area contributed by atoms with Crippen molar-refractivity contribution in [2.75, 3.05) is 33.8 Å². The van der Waals surface area contributed by atoms with Crippen LogP contribution in [-0.2, 0) is 11.3 Å². The average molecular weight is 291 g/mol. The number of carbonyl (C=O) groups is 1. The quantitative estimate of drug-likeness (QED) is 0.787. The van der Waals surface area contributed by atoms with Gasteiger partial charge < -0.3 is 15.4 Å².